The van der Waals surface area contributed by atoms with E-state index < -0.39 is 0 Å². The summed E-state index contributed by atoms with van der Waals surface area (Å²) >= 11 is 6.20. The lowest BCUT2D eigenvalue weighted by Gasteiger charge is -2.14. The van der Waals surface area contributed by atoms with Crippen LogP contribution in [0.2, 0.25) is 5.02 Å². The number of halogens is 1. The Morgan fingerprint density at radius 2 is 1.81 bits per heavy atom. The zero-order valence-electron chi connectivity index (χ0n) is 13.0. The van der Waals surface area contributed by atoms with E-state index in [-0.39, 0.29) is 0 Å². The lowest BCUT2D eigenvalue weighted by Crippen LogP contribution is -2.12. The standard InChI is InChI=1S/C17H21ClN2O/c1-5-19-9-14-10-20-13(4)8-16(14)21-15-6-11(2)17(18)12(3)7-15/h6-8,10,19H,5,9H2,1-4H3. The zero-order chi connectivity index (χ0) is 15.4. The van der Waals surface area contributed by atoms with Gasteiger partial charge in [0.15, 0.2) is 0 Å². The van der Waals surface area contributed by atoms with E-state index in [2.05, 4.69) is 17.2 Å². The van der Waals surface area contributed by atoms with Crippen molar-refractivity contribution in [1.29, 1.82) is 0 Å². The average molecular weight is 305 g/mol. The Morgan fingerprint density at radius 1 is 1.14 bits per heavy atom. The molecule has 0 bridgehead atoms. The molecule has 0 saturated carbocycles. The molecular weight excluding hydrogens is 284 g/mol. The van der Waals surface area contributed by atoms with Crippen molar-refractivity contribution in [2.45, 2.75) is 34.2 Å². The van der Waals surface area contributed by atoms with Gasteiger partial charge in [0.25, 0.3) is 0 Å². The summed E-state index contributed by atoms with van der Waals surface area (Å²) in [6, 6.07) is 5.89. The van der Waals surface area contributed by atoms with Crippen molar-refractivity contribution in [2.75, 3.05) is 6.54 Å². The molecule has 0 spiro atoms. The molecule has 2 rings (SSSR count). The molecule has 4 heteroatoms. The van der Waals surface area contributed by atoms with E-state index in [0.29, 0.717) is 0 Å². The third-order valence-electron chi connectivity index (χ3n) is 3.28. The van der Waals surface area contributed by atoms with Crippen LogP contribution in [-0.2, 0) is 6.54 Å². The van der Waals surface area contributed by atoms with Crippen molar-refractivity contribution >= 4 is 11.6 Å². The Morgan fingerprint density at radius 3 is 2.43 bits per heavy atom. The molecule has 0 aliphatic carbocycles. The minimum absolute atomic E-state index is 0.741. The highest BCUT2D eigenvalue weighted by Crippen LogP contribution is 2.30. The van der Waals surface area contributed by atoms with Gasteiger partial charge in [0, 0.05) is 35.1 Å². The summed E-state index contributed by atoms with van der Waals surface area (Å²) in [5.74, 6) is 1.64. The van der Waals surface area contributed by atoms with Crippen LogP contribution in [0.5, 0.6) is 11.5 Å². The predicted molar refractivity (Wildman–Crippen MR) is 87.4 cm³/mol. The van der Waals surface area contributed by atoms with Crippen molar-refractivity contribution in [3.63, 3.8) is 0 Å². The maximum atomic E-state index is 6.20. The van der Waals surface area contributed by atoms with Gasteiger partial charge in [-0.1, -0.05) is 18.5 Å². The van der Waals surface area contributed by atoms with E-state index >= 15 is 0 Å². The molecule has 3 nitrogen and oxygen atoms in total. The van der Waals surface area contributed by atoms with Crippen LogP contribution in [0.3, 0.4) is 0 Å². The molecule has 112 valence electrons. The third kappa shape index (κ3) is 3.96. The van der Waals surface area contributed by atoms with Crippen molar-refractivity contribution in [1.82, 2.24) is 10.3 Å². The van der Waals surface area contributed by atoms with Crippen molar-refractivity contribution in [3.8, 4) is 11.5 Å². The van der Waals surface area contributed by atoms with Crippen LogP contribution < -0.4 is 10.1 Å². The van der Waals surface area contributed by atoms with Gasteiger partial charge in [-0.25, -0.2) is 0 Å². The second-order valence-corrected chi connectivity index (χ2v) is 5.56. The molecule has 0 unspecified atom stereocenters. The summed E-state index contributed by atoms with van der Waals surface area (Å²) in [6.45, 7) is 9.66. The molecule has 0 amide bonds. The molecule has 21 heavy (non-hydrogen) atoms. The first-order chi connectivity index (χ1) is 10.0. The van der Waals surface area contributed by atoms with Gasteiger partial charge in [0.2, 0.25) is 0 Å². The molecule has 2 aromatic rings. The summed E-state index contributed by atoms with van der Waals surface area (Å²) in [4.78, 5) is 4.34. The van der Waals surface area contributed by atoms with Gasteiger partial charge in [-0.3, -0.25) is 4.98 Å². The zero-order valence-corrected chi connectivity index (χ0v) is 13.7. The van der Waals surface area contributed by atoms with Gasteiger partial charge in [0.1, 0.15) is 11.5 Å². The fourth-order valence-corrected chi connectivity index (χ4v) is 2.25. The van der Waals surface area contributed by atoms with Gasteiger partial charge < -0.3 is 10.1 Å². The van der Waals surface area contributed by atoms with E-state index in [4.69, 9.17) is 16.3 Å². The van der Waals surface area contributed by atoms with Crippen molar-refractivity contribution < 1.29 is 4.74 Å². The smallest absolute Gasteiger partial charge is 0.135 e. The molecule has 0 saturated heterocycles. The Bertz CT molecular complexity index is 618. The predicted octanol–water partition coefficient (Wildman–Crippen LogP) is 4.56. The Labute approximate surface area is 131 Å². The molecule has 0 fully saturated rings. The summed E-state index contributed by atoms with van der Waals surface area (Å²) in [6.07, 6.45) is 1.86. The monoisotopic (exact) mass is 304 g/mol. The molecule has 0 aliphatic heterocycles. The van der Waals surface area contributed by atoms with E-state index in [1.807, 2.05) is 45.2 Å². The Kier molecular flexibility index (Phi) is 5.21. The number of nitrogens with one attached hydrogen (secondary N) is 1. The van der Waals surface area contributed by atoms with Crippen LogP contribution in [-0.4, -0.2) is 11.5 Å². The largest absolute Gasteiger partial charge is 0.457 e. The first-order valence-corrected chi connectivity index (χ1v) is 7.50. The van der Waals surface area contributed by atoms with Gasteiger partial charge >= 0.3 is 0 Å². The first kappa shape index (κ1) is 15.8. The highest BCUT2D eigenvalue weighted by Gasteiger charge is 2.09. The van der Waals surface area contributed by atoms with Crippen LogP contribution in [0, 0.1) is 20.8 Å². The van der Waals surface area contributed by atoms with Gasteiger partial charge in [-0.2, -0.15) is 0 Å². The average Bonchev–Trinajstić information content (AvgIpc) is 2.44. The van der Waals surface area contributed by atoms with Crippen LogP contribution >= 0.6 is 11.6 Å². The molecule has 1 aromatic carbocycles. The topological polar surface area (TPSA) is 34.2 Å². The number of nitrogens with zero attached hydrogens (tertiary/aromatic N) is 1. The highest BCUT2D eigenvalue weighted by molar-refractivity contribution is 6.32. The molecule has 1 heterocycles. The van der Waals surface area contributed by atoms with Gasteiger partial charge in [0.05, 0.1) is 0 Å². The summed E-state index contributed by atoms with van der Waals surface area (Å²) in [7, 11) is 0. The molecule has 1 N–H and O–H groups in total. The quantitative estimate of drug-likeness (QED) is 0.879. The fraction of sp³-hybridized carbons (Fsp3) is 0.353. The number of pyridine rings is 1. The van der Waals surface area contributed by atoms with Crippen molar-refractivity contribution in [3.05, 3.63) is 51.8 Å². The highest BCUT2D eigenvalue weighted by atomic mass is 35.5. The number of ether oxygens (including phenoxy) is 1. The lowest BCUT2D eigenvalue weighted by molar-refractivity contribution is 0.471. The fourth-order valence-electron chi connectivity index (χ4n) is 2.14. The second-order valence-electron chi connectivity index (χ2n) is 5.19. The number of aryl methyl sites for hydroxylation is 3. The number of benzene rings is 1. The Hall–Kier alpha value is -1.58. The number of hydrogen-bond donors (Lipinski definition) is 1. The van der Waals surface area contributed by atoms with Gasteiger partial charge in [-0.05, 0) is 50.6 Å². The maximum Gasteiger partial charge on any atom is 0.135 e. The van der Waals surface area contributed by atoms with Gasteiger partial charge in [-0.15, -0.1) is 0 Å². The van der Waals surface area contributed by atoms with Crippen LogP contribution in [0.25, 0.3) is 0 Å². The molecular formula is C17H21ClN2O. The summed E-state index contributed by atoms with van der Waals surface area (Å²) in [5.41, 5.74) is 4.02. The molecule has 0 radical (unpaired) electrons. The Balaban J connectivity index is 2.32. The number of aromatic nitrogens is 1. The number of hydrogen-bond acceptors (Lipinski definition) is 3. The summed E-state index contributed by atoms with van der Waals surface area (Å²) in [5, 5.41) is 4.09. The van der Waals surface area contributed by atoms with Crippen molar-refractivity contribution in [2.24, 2.45) is 0 Å². The lowest BCUT2D eigenvalue weighted by atomic mass is 10.1. The normalized spacial score (nSPS) is 10.7. The molecule has 0 aliphatic rings. The minimum atomic E-state index is 0.741. The minimum Gasteiger partial charge on any atom is -0.457 e. The molecule has 0 atom stereocenters. The van der Waals surface area contributed by atoms with Crippen LogP contribution in [0.4, 0.5) is 0 Å². The summed E-state index contributed by atoms with van der Waals surface area (Å²) < 4.78 is 6.07. The first-order valence-electron chi connectivity index (χ1n) is 7.12. The SMILES string of the molecule is CCNCc1cnc(C)cc1Oc1cc(C)c(Cl)c(C)c1. The second kappa shape index (κ2) is 6.92. The van der Waals surface area contributed by atoms with E-state index in [1.165, 1.54) is 0 Å². The molecule has 1 aromatic heterocycles. The maximum absolute atomic E-state index is 6.20. The van der Waals surface area contributed by atoms with E-state index in [9.17, 15) is 0 Å². The van der Waals surface area contributed by atoms with Crippen LogP contribution in [0.15, 0.2) is 24.4 Å². The number of rotatable bonds is 5. The van der Waals surface area contributed by atoms with E-state index in [0.717, 1.165) is 52.0 Å². The van der Waals surface area contributed by atoms with E-state index in [1.54, 1.807) is 0 Å². The third-order valence-corrected chi connectivity index (χ3v) is 3.88. The van der Waals surface area contributed by atoms with Crippen LogP contribution in [0.1, 0.15) is 29.3 Å².